The fourth-order valence-corrected chi connectivity index (χ4v) is 14.9. The number of hydrogen-bond acceptors (Lipinski definition) is 16. The minimum absolute atomic E-state index is 0.314. The molecule has 31 nitrogen and oxygen atoms in total. The molecule has 15 N–H and O–H groups in total. The number of hydrogen-bond donors (Lipinski definition) is 15. The van der Waals surface area contributed by atoms with Crippen molar-refractivity contribution in [2.45, 2.75) is 73.6 Å². The van der Waals surface area contributed by atoms with Gasteiger partial charge in [0, 0.05) is 142 Å². The number of aromatic carboxylic acids is 5. The van der Waals surface area contributed by atoms with Gasteiger partial charge in [-0.05, 0) is 130 Å². The second-order valence-corrected chi connectivity index (χ2v) is 27.7. The zero-order valence-corrected chi connectivity index (χ0v) is 66.3. The van der Waals surface area contributed by atoms with Crippen LogP contribution in [0.3, 0.4) is 0 Å². The summed E-state index contributed by atoms with van der Waals surface area (Å²) in [6.45, 7) is 10.8. The Kier molecular flexibility index (Phi) is 24.1. The Morgan fingerprint density at radius 1 is 0.370 bits per heavy atom. The molecule has 0 atom stereocenters. The molecule has 10 heterocycles. The third-order valence-corrected chi connectivity index (χ3v) is 21.0. The van der Waals surface area contributed by atoms with Crippen molar-refractivity contribution in [3.63, 3.8) is 0 Å². The van der Waals surface area contributed by atoms with Gasteiger partial charge in [0.15, 0.2) is 27.8 Å². The van der Waals surface area contributed by atoms with E-state index in [1.54, 1.807) is 65.5 Å². The highest BCUT2D eigenvalue weighted by molar-refractivity contribution is 6.01. The number of nitrogens with zero attached hydrogens (tertiary/aromatic N) is 5. The standard InChI is InChI=1S/C19H20N2O4.C18H18N2O5.C17H15FN2O4.C17H16N2O4.C16H14N2O4/c1-4-10-6-7-13-11(8-10)9-14(21(13)3)16-12(5-2)17(22)15(19(24)25)18(23)20-16;1-4-11-15(19-17(22)14(16(11)21)18(23)24)13-7-9-5-6-10(25-3)8-12(9)20(13)2;1-3-10-14(19-16(22)13(15(10)21)17(23)24)12-7-8-6-9(18)4-5-11(8)20(12)2;1-3-9-14(18-16(21)13(15(9)20)17(22)23)11-5-4-6-12-10(11)7-8-19(12)2;1-8-13(17-15(20)12(14(8)19)16(21)22)10-4-3-5-11-9(10)6-7-18(11)2/h6-9H,4-5H2,1-3H3,(H,24,25)(H2,20,22,23);5-8H,4H2,1-3H3,(H,23,24)(H2,19,21,22);4-7H,3H2,1-2H3,(H,23,24)(H2,19,21,22);4-8H,3H2,1-2H3,(H,22,23)(H2,18,20,21);3-7H,1-2H3,(H,21,22)(H2,17,19,20). The maximum atomic E-state index is 13.4. The van der Waals surface area contributed by atoms with Crippen LogP contribution in [0.2, 0.25) is 0 Å². The number of carbonyl (C=O) groups is 5. The van der Waals surface area contributed by atoms with Crippen LogP contribution >= 0.6 is 0 Å². The number of aromatic nitrogens is 10. The number of benzene rings is 5. The SMILES string of the molecule is CCc1c(-c2cc3cc(F)ccc3n2C)[nH]c(=O)c(C(=O)O)c1O.CCc1c(-c2cc3ccc(OC)cc3n2C)[nH]c(=O)c(C(=O)O)c1O.CCc1c(-c2cccc3c2ccn3C)[nH]c(=O)c(C(=O)O)c1O.CCc1ccc2c(c1)cc(-c1[nH]c(=O)c(C(=O)O)c(O)c1CC)n2C.Cc1c(-c2cccc3c2ccn3C)[nH]c(=O)c(C(=O)O)c1O. The molecule has 0 spiro atoms. The lowest BCUT2D eigenvalue weighted by Gasteiger charge is -2.13. The fourth-order valence-electron chi connectivity index (χ4n) is 14.9. The maximum Gasteiger partial charge on any atom is 0.345 e. The van der Waals surface area contributed by atoms with Gasteiger partial charge in [0.25, 0.3) is 27.8 Å². The van der Waals surface area contributed by atoms with Crippen molar-refractivity contribution in [3.05, 3.63) is 253 Å². The first kappa shape index (κ1) is 84.5. The normalized spacial score (nSPS) is 11.1. The van der Waals surface area contributed by atoms with Crippen LogP contribution in [0.4, 0.5) is 4.39 Å². The zero-order chi connectivity index (χ0) is 86.9. The molecule has 0 bridgehead atoms. The van der Waals surface area contributed by atoms with Gasteiger partial charge in [-0.15, -0.1) is 0 Å². The molecule has 0 saturated carbocycles. The van der Waals surface area contributed by atoms with E-state index < -0.39 is 114 Å². The second-order valence-electron chi connectivity index (χ2n) is 27.7. The molecule has 119 heavy (non-hydrogen) atoms. The van der Waals surface area contributed by atoms with Gasteiger partial charge in [0.05, 0.1) is 58.2 Å². The number of aromatic amines is 5. The van der Waals surface area contributed by atoms with Crippen molar-refractivity contribution in [3.8, 4) is 91.2 Å². The lowest BCUT2D eigenvalue weighted by atomic mass is 9.98. The highest BCUT2D eigenvalue weighted by atomic mass is 19.1. The molecule has 0 saturated heterocycles. The lowest BCUT2D eigenvalue weighted by molar-refractivity contribution is 0.0680. The van der Waals surface area contributed by atoms with Crippen LogP contribution in [0.25, 0.3) is 111 Å². The summed E-state index contributed by atoms with van der Waals surface area (Å²) in [5, 5.41) is 101. The molecule has 614 valence electrons. The van der Waals surface area contributed by atoms with Crippen molar-refractivity contribution in [1.29, 1.82) is 0 Å². The number of carboxylic acids is 5. The minimum atomic E-state index is -1.49. The van der Waals surface area contributed by atoms with Gasteiger partial charge in [-0.3, -0.25) is 24.0 Å². The van der Waals surface area contributed by atoms with Crippen molar-refractivity contribution < 1.29 is 84.2 Å². The van der Waals surface area contributed by atoms with Crippen molar-refractivity contribution in [1.82, 2.24) is 47.8 Å². The number of fused-ring (bicyclic) bond motifs is 5. The smallest absolute Gasteiger partial charge is 0.345 e. The number of H-pyrrole nitrogens is 5. The molecule has 0 aliphatic carbocycles. The molecule has 0 fully saturated rings. The Bertz CT molecular complexity index is 6910. The number of ether oxygens (including phenoxy) is 1. The van der Waals surface area contributed by atoms with E-state index in [4.69, 9.17) is 30.3 Å². The maximum absolute atomic E-state index is 13.4. The molecular formula is C87H83FN10O21. The number of pyridine rings is 5. The van der Waals surface area contributed by atoms with Crippen LogP contribution in [0.5, 0.6) is 34.5 Å². The highest BCUT2D eigenvalue weighted by Gasteiger charge is 2.29. The first-order valence-corrected chi connectivity index (χ1v) is 37.1. The van der Waals surface area contributed by atoms with E-state index >= 15 is 0 Å². The van der Waals surface area contributed by atoms with Crippen molar-refractivity contribution in [2.75, 3.05) is 7.11 Å². The lowest BCUT2D eigenvalue weighted by Crippen LogP contribution is -2.20. The summed E-state index contributed by atoms with van der Waals surface area (Å²) in [7, 11) is 10.9. The Balaban J connectivity index is 0.000000146. The summed E-state index contributed by atoms with van der Waals surface area (Å²) in [5.74, 6) is -9.42. The largest absolute Gasteiger partial charge is 0.506 e. The van der Waals surface area contributed by atoms with E-state index in [1.807, 2.05) is 144 Å². The third kappa shape index (κ3) is 15.7. The molecule has 15 rings (SSSR count). The van der Waals surface area contributed by atoms with E-state index in [0.29, 0.717) is 104 Å². The quantitative estimate of drug-likeness (QED) is 0.0427. The number of aromatic hydroxyl groups is 5. The van der Waals surface area contributed by atoms with E-state index in [1.165, 1.54) is 17.7 Å². The van der Waals surface area contributed by atoms with Gasteiger partial charge in [0.2, 0.25) is 0 Å². The molecule has 32 heteroatoms. The van der Waals surface area contributed by atoms with Crippen molar-refractivity contribution in [2.24, 2.45) is 35.2 Å². The average molecular weight is 1620 g/mol. The molecule has 0 amide bonds. The molecule has 0 radical (unpaired) electrons. The number of carboxylic acid groups (broad SMARTS) is 5. The zero-order valence-electron chi connectivity index (χ0n) is 66.3. The fraction of sp³-hybridized carbons (Fsp3) is 0.195. The minimum Gasteiger partial charge on any atom is -0.506 e. The van der Waals surface area contributed by atoms with E-state index in [0.717, 1.165) is 72.4 Å². The summed E-state index contributed by atoms with van der Waals surface area (Å²) in [4.78, 5) is 129. The predicted molar refractivity (Wildman–Crippen MR) is 446 cm³/mol. The number of nitrogens with one attached hydrogen (secondary N) is 5. The molecule has 0 aliphatic rings. The van der Waals surface area contributed by atoms with Gasteiger partial charge in [0.1, 0.15) is 40.3 Å². The van der Waals surface area contributed by atoms with Crippen LogP contribution < -0.4 is 32.5 Å². The van der Waals surface area contributed by atoms with Crippen LogP contribution in [-0.4, -0.2) is 136 Å². The number of halogens is 1. The van der Waals surface area contributed by atoms with Gasteiger partial charge in [-0.25, -0.2) is 28.4 Å². The summed E-state index contributed by atoms with van der Waals surface area (Å²) in [6.07, 6.45) is 6.18. The van der Waals surface area contributed by atoms with Gasteiger partial charge >= 0.3 is 29.8 Å². The Labute approximate surface area is 672 Å². The first-order valence-electron chi connectivity index (χ1n) is 37.1. The summed E-state index contributed by atoms with van der Waals surface area (Å²) in [6, 6.07) is 36.7. The highest BCUT2D eigenvalue weighted by Crippen LogP contribution is 2.40. The Morgan fingerprint density at radius 2 is 0.714 bits per heavy atom. The monoisotopic (exact) mass is 1620 g/mol. The van der Waals surface area contributed by atoms with Crippen LogP contribution in [-0.2, 0) is 67.3 Å². The second kappa shape index (κ2) is 34.0. The van der Waals surface area contributed by atoms with E-state index in [-0.39, 0.29) is 5.82 Å². The van der Waals surface area contributed by atoms with Gasteiger partial charge < -0.3 is 104 Å². The Hall–Kier alpha value is -15.4. The van der Waals surface area contributed by atoms with E-state index in [2.05, 4.69) is 44.0 Å². The number of aryl methyl sites for hydroxylation is 6. The van der Waals surface area contributed by atoms with Gasteiger partial charge in [-0.1, -0.05) is 65.0 Å². The van der Waals surface area contributed by atoms with Crippen LogP contribution in [0.1, 0.15) is 120 Å². The summed E-state index contributed by atoms with van der Waals surface area (Å²) in [5.41, 5.74) is 5.80. The van der Waals surface area contributed by atoms with Gasteiger partial charge in [-0.2, -0.15) is 0 Å². The van der Waals surface area contributed by atoms with Crippen molar-refractivity contribution >= 4 is 84.4 Å². The average Bonchev–Trinajstić information content (AvgIpc) is 1.64. The van der Waals surface area contributed by atoms with E-state index in [9.17, 15) is 77.9 Å². The molecular weight excluding hydrogens is 1540 g/mol. The topological polar surface area (TPSA) is 486 Å². The molecule has 10 aromatic heterocycles. The molecule has 0 aliphatic heterocycles. The first-order chi connectivity index (χ1) is 56.5. The molecule has 5 aromatic carbocycles. The molecule has 15 aromatic rings. The number of methoxy groups -OCH3 is 1. The summed E-state index contributed by atoms with van der Waals surface area (Å²) >= 11 is 0. The number of rotatable bonds is 16. The Morgan fingerprint density at radius 3 is 1.10 bits per heavy atom. The predicted octanol–water partition coefficient (Wildman–Crippen LogP) is 13.0. The third-order valence-electron chi connectivity index (χ3n) is 21.0. The summed E-state index contributed by atoms with van der Waals surface area (Å²) < 4.78 is 28.1. The molecule has 0 unspecified atom stereocenters. The van der Waals surface area contributed by atoms with Crippen LogP contribution in [0, 0.1) is 12.7 Å². The van der Waals surface area contributed by atoms with Crippen LogP contribution in [0.15, 0.2) is 158 Å².